The highest BCUT2D eigenvalue weighted by molar-refractivity contribution is 5.97. The van der Waals surface area contributed by atoms with Gasteiger partial charge in [0.25, 0.3) is 0 Å². The maximum atomic E-state index is 12.8. The summed E-state index contributed by atoms with van der Waals surface area (Å²) in [6.45, 7) is 4.08. The van der Waals surface area contributed by atoms with E-state index in [-0.39, 0.29) is 11.7 Å². The molecule has 28 heavy (non-hydrogen) atoms. The first-order chi connectivity index (χ1) is 13.6. The molecule has 0 spiro atoms. The fraction of sp³-hybridized carbons (Fsp3) is 0.217. The highest BCUT2D eigenvalue weighted by Gasteiger charge is 2.32. The molecule has 1 aliphatic carbocycles. The average molecular weight is 368 g/mol. The minimum absolute atomic E-state index is 0.0401. The van der Waals surface area contributed by atoms with Crippen LogP contribution in [0.15, 0.2) is 54.6 Å². The lowest BCUT2D eigenvalue weighted by molar-refractivity contribution is 0.0955. The van der Waals surface area contributed by atoms with E-state index in [1.54, 1.807) is 0 Å². The van der Waals surface area contributed by atoms with Gasteiger partial charge in [-0.15, -0.1) is 10.2 Å². The van der Waals surface area contributed by atoms with Gasteiger partial charge in [0.15, 0.2) is 17.1 Å². The van der Waals surface area contributed by atoms with E-state index < -0.39 is 0 Å². The number of fused-ring (bicyclic) bond motifs is 3. The van der Waals surface area contributed by atoms with Crippen molar-refractivity contribution in [3.63, 3.8) is 0 Å². The summed E-state index contributed by atoms with van der Waals surface area (Å²) >= 11 is 0. The fourth-order valence-corrected chi connectivity index (χ4v) is 4.28. The van der Waals surface area contributed by atoms with Gasteiger partial charge in [-0.05, 0) is 42.9 Å². The third kappa shape index (κ3) is 2.54. The van der Waals surface area contributed by atoms with Crippen molar-refractivity contribution < 1.29 is 4.79 Å². The number of aromatic nitrogens is 4. The summed E-state index contributed by atoms with van der Waals surface area (Å²) < 4.78 is 1.84. The number of nitrogens with zero attached hydrogens (tertiary/aromatic N) is 4. The molecule has 0 bridgehead atoms. The molecule has 1 unspecified atom stereocenters. The quantitative estimate of drug-likeness (QED) is 0.529. The van der Waals surface area contributed by atoms with Gasteiger partial charge in [0.1, 0.15) is 0 Å². The summed E-state index contributed by atoms with van der Waals surface area (Å²) in [6, 6.07) is 18.4. The van der Waals surface area contributed by atoms with E-state index in [0.717, 1.165) is 28.9 Å². The topological polar surface area (TPSA) is 60.2 Å². The van der Waals surface area contributed by atoms with Crippen molar-refractivity contribution in [3.8, 4) is 11.1 Å². The van der Waals surface area contributed by atoms with E-state index in [0.29, 0.717) is 17.8 Å². The first-order valence-corrected chi connectivity index (χ1v) is 9.52. The van der Waals surface area contributed by atoms with Gasteiger partial charge in [-0.3, -0.25) is 4.79 Å². The molecule has 138 valence electrons. The van der Waals surface area contributed by atoms with Crippen molar-refractivity contribution in [3.05, 3.63) is 82.8 Å². The molecule has 0 saturated heterocycles. The highest BCUT2D eigenvalue weighted by atomic mass is 16.1. The van der Waals surface area contributed by atoms with E-state index in [9.17, 15) is 4.79 Å². The maximum Gasteiger partial charge on any atom is 0.185 e. The van der Waals surface area contributed by atoms with Gasteiger partial charge in [-0.2, -0.15) is 5.10 Å². The molecule has 5 nitrogen and oxygen atoms in total. The third-order valence-electron chi connectivity index (χ3n) is 5.64. The summed E-state index contributed by atoms with van der Waals surface area (Å²) in [7, 11) is 0. The van der Waals surface area contributed by atoms with Gasteiger partial charge < -0.3 is 0 Å². The van der Waals surface area contributed by atoms with Gasteiger partial charge >= 0.3 is 0 Å². The van der Waals surface area contributed by atoms with Crippen LogP contribution >= 0.6 is 0 Å². The summed E-state index contributed by atoms with van der Waals surface area (Å²) in [4.78, 5) is 12.8. The Hall–Kier alpha value is -3.34. The Morgan fingerprint density at radius 3 is 2.46 bits per heavy atom. The van der Waals surface area contributed by atoms with Gasteiger partial charge in [-0.25, -0.2) is 4.52 Å². The van der Waals surface area contributed by atoms with Crippen molar-refractivity contribution in [2.24, 2.45) is 0 Å². The van der Waals surface area contributed by atoms with Crippen LogP contribution in [0.5, 0.6) is 0 Å². The number of benzene rings is 2. The molecule has 2 heterocycles. The van der Waals surface area contributed by atoms with Gasteiger partial charge in [0.2, 0.25) is 0 Å². The van der Waals surface area contributed by atoms with Crippen molar-refractivity contribution in [1.29, 1.82) is 0 Å². The van der Waals surface area contributed by atoms with Crippen LogP contribution in [0.1, 0.15) is 45.3 Å². The molecule has 0 fully saturated rings. The van der Waals surface area contributed by atoms with E-state index in [1.807, 2.05) is 53.9 Å². The molecule has 5 rings (SSSR count). The van der Waals surface area contributed by atoms with Crippen LogP contribution in [-0.2, 0) is 6.42 Å². The second-order valence-electron chi connectivity index (χ2n) is 7.44. The summed E-state index contributed by atoms with van der Waals surface area (Å²) in [6.07, 6.45) is 1.19. The van der Waals surface area contributed by atoms with Crippen molar-refractivity contribution in [2.45, 2.75) is 32.6 Å². The molecule has 0 saturated carbocycles. The van der Waals surface area contributed by atoms with Gasteiger partial charge in [-0.1, -0.05) is 54.6 Å². The largest absolute Gasteiger partial charge is 0.292 e. The molecule has 0 N–H and O–H groups in total. The number of rotatable bonds is 2. The average Bonchev–Trinajstić information content (AvgIpc) is 3.05. The first kappa shape index (κ1) is 16.8. The number of ketones is 1. The number of aryl methyl sites for hydroxylation is 2. The monoisotopic (exact) mass is 368 g/mol. The number of carbonyl (C=O) groups is 1. The number of hydrogen-bond acceptors (Lipinski definition) is 4. The van der Waals surface area contributed by atoms with Crippen LogP contribution in [0.4, 0.5) is 0 Å². The molecule has 4 aromatic rings. The first-order valence-electron chi connectivity index (χ1n) is 9.52. The summed E-state index contributed by atoms with van der Waals surface area (Å²) in [5.74, 6) is 0.177. The van der Waals surface area contributed by atoms with Crippen LogP contribution in [-0.4, -0.2) is 25.6 Å². The molecule has 2 aromatic heterocycles. The zero-order valence-electron chi connectivity index (χ0n) is 15.9. The van der Waals surface area contributed by atoms with Crippen LogP contribution in [0.3, 0.4) is 0 Å². The molecule has 2 aromatic carbocycles. The molecule has 5 heteroatoms. The Morgan fingerprint density at radius 1 is 0.929 bits per heavy atom. The normalized spacial score (nSPS) is 16.4. The molecule has 0 radical (unpaired) electrons. The molecular weight excluding hydrogens is 348 g/mol. The Bertz CT molecular complexity index is 1210. The molecule has 1 aliphatic rings. The maximum absolute atomic E-state index is 12.8. The van der Waals surface area contributed by atoms with Gasteiger partial charge in [0.05, 0.1) is 17.0 Å². The zero-order chi connectivity index (χ0) is 19.3. The van der Waals surface area contributed by atoms with Crippen molar-refractivity contribution in [1.82, 2.24) is 19.8 Å². The molecule has 1 atom stereocenters. The van der Waals surface area contributed by atoms with E-state index in [1.165, 1.54) is 11.1 Å². The second-order valence-corrected chi connectivity index (χ2v) is 7.44. The van der Waals surface area contributed by atoms with Crippen LogP contribution in [0, 0.1) is 13.8 Å². The van der Waals surface area contributed by atoms with Crippen molar-refractivity contribution >= 4 is 11.4 Å². The summed E-state index contributed by atoms with van der Waals surface area (Å²) in [5.41, 5.74) is 7.38. The number of carbonyl (C=O) groups excluding carboxylic acids is 1. The highest BCUT2D eigenvalue weighted by Crippen LogP contribution is 2.35. The molecule has 0 aliphatic heterocycles. The zero-order valence-corrected chi connectivity index (χ0v) is 15.9. The van der Waals surface area contributed by atoms with Crippen LogP contribution < -0.4 is 0 Å². The lowest BCUT2D eigenvalue weighted by Gasteiger charge is -2.24. The van der Waals surface area contributed by atoms with E-state index in [2.05, 4.69) is 29.3 Å². The Morgan fingerprint density at radius 2 is 1.68 bits per heavy atom. The fourth-order valence-electron chi connectivity index (χ4n) is 4.28. The van der Waals surface area contributed by atoms with E-state index in [4.69, 9.17) is 5.10 Å². The van der Waals surface area contributed by atoms with Crippen LogP contribution in [0.25, 0.3) is 16.8 Å². The molecule has 0 amide bonds. The smallest absolute Gasteiger partial charge is 0.185 e. The minimum atomic E-state index is 0.0401. The SMILES string of the molecule is Cc1ccccc1C1CC(=O)c2nnc3c(-c4ccccc4)c(C)nn3c2C1. The van der Waals surface area contributed by atoms with Crippen LogP contribution in [0.2, 0.25) is 0 Å². The van der Waals surface area contributed by atoms with Gasteiger partial charge in [0, 0.05) is 6.42 Å². The standard InChI is InChI=1S/C23H20N4O/c1-14-8-6-7-11-18(14)17-12-19-22(20(28)13-17)24-25-23-21(15(2)26-27(19)23)16-9-4-3-5-10-16/h3-11,17H,12-13H2,1-2H3. The summed E-state index contributed by atoms with van der Waals surface area (Å²) in [5, 5.41) is 13.5. The third-order valence-corrected chi connectivity index (χ3v) is 5.64. The lowest BCUT2D eigenvalue weighted by atomic mass is 9.82. The van der Waals surface area contributed by atoms with E-state index >= 15 is 0 Å². The second kappa shape index (κ2) is 6.37. The predicted octanol–water partition coefficient (Wildman–Crippen LogP) is 4.32. The lowest BCUT2D eigenvalue weighted by Crippen LogP contribution is -2.24. The number of Topliss-reactive ketones (excluding diaryl/α,β-unsaturated/α-hetero) is 1. The Balaban J connectivity index is 1.69. The van der Waals surface area contributed by atoms with Crippen molar-refractivity contribution in [2.75, 3.05) is 0 Å². The molecular formula is C23H20N4O. The Labute approximate surface area is 163 Å². The minimum Gasteiger partial charge on any atom is -0.292 e. The number of hydrogen-bond donors (Lipinski definition) is 0. The predicted molar refractivity (Wildman–Crippen MR) is 108 cm³/mol. The Kier molecular flexibility index (Phi) is 3.83.